The van der Waals surface area contributed by atoms with Crippen molar-refractivity contribution in [1.82, 2.24) is 9.80 Å². The van der Waals surface area contributed by atoms with Crippen LogP contribution in [0.4, 0.5) is 0 Å². The molecule has 4 heteroatoms. The Morgan fingerprint density at radius 3 is 2.40 bits per heavy atom. The van der Waals surface area contributed by atoms with E-state index in [1.54, 1.807) is 0 Å². The highest BCUT2D eigenvalue weighted by Crippen LogP contribution is 2.35. The average Bonchev–Trinajstić information content (AvgIpc) is 3.00. The van der Waals surface area contributed by atoms with Gasteiger partial charge in [0, 0.05) is 25.2 Å². The van der Waals surface area contributed by atoms with Gasteiger partial charge in [-0.2, -0.15) is 0 Å². The summed E-state index contributed by atoms with van der Waals surface area (Å²) in [6, 6.07) is 0. The van der Waals surface area contributed by atoms with Gasteiger partial charge in [0.1, 0.15) is 0 Å². The third-order valence-electron chi connectivity index (χ3n) is 5.42. The van der Waals surface area contributed by atoms with Crippen molar-refractivity contribution in [3.8, 4) is 0 Å². The van der Waals surface area contributed by atoms with Crippen LogP contribution in [0.25, 0.3) is 0 Å². The van der Waals surface area contributed by atoms with E-state index in [1.807, 2.05) is 4.90 Å². The normalized spacial score (nSPS) is 31.0. The molecular formula is C16H31N3O. The van der Waals surface area contributed by atoms with E-state index in [0.717, 1.165) is 51.2 Å². The second-order valence-corrected chi connectivity index (χ2v) is 6.71. The Morgan fingerprint density at radius 2 is 1.90 bits per heavy atom. The zero-order valence-electron chi connectivity index (χ0n) is 13.2. The Kier molecular flexibility index (Phi) is 5.44. The molecule has 0 aromatic heterocycles. The van der Waals surface area contributed by atoms with E-state index >= 15 is 0 Å². The summed E-state index contributed by atoms with van der Waals surface area (Å²) in [6.45, 7) is 8.54. The minimum Gasteiger partial charge on any atom is -0.342 e. The standard InChI is InChI=1S/C16H31N3O/c1-3-19(12-15(20)18-10-4-5-11-18)16(13-17)8-6-14(2)7-9-16/h14H,3-13,17H2,1-2H3. The zero-order valence-corrected chi connectivity index (χ0v) is 13.2. The molecule has 0 unspecified atom stereocenters. The Bertz CT molecular complexity index is 318. The molecule has 2 N–H and O–H groups in total. The van der Waals surface area contributed by atoms with E-state index in [9.17, 15) is 4.79 Å². The molecule has 2 aliphatic rings. The number of carbonyl (C=O) groups excluding carboxylic acids is 1. The van der Waals surface area contributed by atoms with Crippen LogP contribution in [0.5, 0.6) is 0 Å². The first-order valence-corrected chi connectivity index (χ1v) is 8.34. The average molecular weight is 281 g/mol. The van der Waals surface area contributed by atoms with Crippen LogP contribution in [-0.2, 0) is 4.79 Å². The SMILES string of the molecule is CCN(CC(=O)N1CCCC1)C1(CN)CCC(C)CC1. The molecule has 0 spiro atoms. The Balaban J connectivity index is 1.99. The topological polar surface area (TPSA) is 49.6 Å². The summed E-state index contributed by atoms with van der Waals surface area (Å²) in [4.78, 5) is 16.8. The van der Waals surface area contributed by atoms with Crippen molar-refractivity contribution in [3.63, 3.8) is 0 Å². The molecule has 1 amide bonds. The van der Waals surface area contributed by atoms with Crippen LogP contribution in [0.2, 0.25) is 0 Å². The highest BCUT2D eigenvalue weighted by atomic mass is 16.2. The molecule has 0 radical (unpaired) electrons. The highest BCUT2D eigenvalue weighted by Gasteiger charge is 2.39. The maximum Gasteiger partial charge on any atom is 0.236 e. The number of hydrogen-bond acceptors (Lipinski definition) is 3. The fourth-order valence-corrected chi connectivity index (χ4v) is 3.79. The van der Waals surface area contributed by atoms with Crippen molar-refractivity contribution in [2.24, 2.45) is 11.7 Å². The predicted octanol–water partition coefficient (Wildman–Crippen LogP) is 1.84. The van der Waals surface area contributed by atoms with E-state index in [1.165, 1.54) is 12.8 Å². The molecule has 20 heavy (non-hydrogen) atoms. The Labute approximate surface area is 123 Å². The van der Waals surface area contributed by atoms with Crippen LogP contribution in [0.3, 0.4) is 0 Å². The van der Waals surface area contributed by atoms with Crippen LogP contribution in [0.15, 0.2) is 0 Å². The number of likely N-dealkylation sites (N-methyl/N-ethyl adjacent to an activating group) is 1. The lowest BCUT2D eigenvalue weighted by molar-refractivity contribution is -0.133. The van der Waals surface area contributed by atoms with E-state index in [-0.39, 0.29) is 5.54 Å². The third kappa shape index (κ3) is 3.34. The smallest absolute Gasteiger partial charge is 0.236 e. The Hall–Kier alpha value is -0.610. The summed E-state index contributed by atoms with van der Waals surface area (Å²) < 4.78 is 0. The van der Waals surface area contributed by atoms with Gasteiger partial charge in [-0.3, -0.25) is 9.69 Å². The van der Waals surface area contributed by atoms with Crippen LogP contribution < -0.4 is 5.73 Å². The predicted molar refractivity (Wildman–Crippen MR) is 82.5 cm³/mol. The van der Waals surface area contributed by atoms with Gasteiger partial charge in [0.05, 0.1) is 6.54 Å². The van der Waals surface area contributed by atoms with E-state index in [4.69, 9.17) is 5.73 Å². The molecule has 4 nitrogen and oxygen atoms in total. The van der Waals surface area contributed by atoms with Crippen molar-refractivity contribution in [2.75, 3.05) is 32.7 Å². The number of carbonyl (C=O) groups is 1. The van der Waals surface area contributed by atoms with Gasteiger partial charge < -0.3 is 10.6 Å². The summed E-state index contributed by atoms with van der Waals surface area (Å²) in [5.74, 6) is 1.11. The van der Waals surface area contributed by atoms with Gasteiger partial charge in [-0.25, -0.2) is 0 Å². The monoisotopic (exact) mass is 281 g/mol. The van der Waals surface area contributed by atoms with Crippen LogP contribution in [0, 0.1) is 5.92 Å². The van der Waals surface area contributed by atoms with Gasteiger partial charge >= 0.3 is 0 Å². The molecule has 0 aromatic rings. The van der Waals surface area contributed by atoms with Crippen LogP contribution in [0.1, 0.15) is 52.4 Å². The van der Waals surface area contributed by atoms with Gasteiger partial charge in [-0.1, -0.05) is 13.8 Å². The van der Waals surface area contributed by atoms with Gasteiger partial charge in [-0.05, 0) is 51.0 Å². The third-order valence-corrected chi connectivity index (χ3v) is 5.42. The number of hydrogen-bond donors (Lipinski definition) is 1. The molecule has 0 atom stereocenters. The first kappa shape index (κ1) is 15.8. The maximum absolute atomic E-state index is 12.4. The molecule has 116 valence electrons. The second-order valence-electron chi connectivity index (χ2n) is 6.71. The fourth-order valence-electron chi connectivity index (χ4n) is 3.79. The first-order valence-electron chi connectivity index (χ1n) is 8.34. The minimum absolute atomic E-state index is 0.0661. The summed E-state index contributed by atoms with van der Waals surface area (Å²) in [5, 5.41) is 0. The minimum atomic E-state index is 0.0661. The summed E-state index contributed by atoms with van der Waals surface area (Å²) in [5.41, 5.74) is 6.19. The van der Waals surface area contributed by atoms with E-state index in [2.05, 4.69) is 18.7 Å². The first-order chi connectivity index (χ1) is 9.61. The van der Waals surface area contributed by atoms with Crippen molar-refractivity contribution < 1.29 is 4.79 Å². The van der Waals surface area contributed by atoms with Gasteiger partial charge in [0.15, 0.2) is 0 Å². The van der Waals surface area contributed by atoms with Crippen molar-refractivity contribution in [2.45, 2.75) is 57.9 Å². The lowest BCUT2D eigenvalue weighted by Gasteiger charge is -2.47. The summed E-state index contributed by atoms with van der Waals surface area (Å²) in [6.07, 6.45) is 7.10. The largest absolute Gasteiger partial charge is 0.342 e. The second kappa shape index (κ2) is 6.90. The molecular weight excluding hydrogens is 250 g/mol. The zero-order chi connectivity index (χ0) is 14.6. The number of nitrogens with zero attached hydrogens (tertiary/aromatic N) is 2. The Morgan fingerprint density at radius 1 is 1.30 bits per heavy atom. The van der Waals surface area contributed by atoms with Gasteiger partial charge in [0.2, 0.25) is 5.91 Å². The molecule has 1 aliphatic heterocycles. The maximum atomic E-state index is 12.4. The van der Waals surface area contributed by atoms with Gasteiger partial charge in [0.25, 0.3) is 0 Å². The molecule has 0 aromatic carbocycles. The molecule has 1 aliphatic carbocycles. The van der Waals surface area contributed by atoms with Crippen LogP contribution in [-0.4, -0.2) is 54.0 Å². The number of rotatable bonds is 5. The van der Waals surface area contributed by atoms with E-state index < -0.39 is 0 Å². The summed E-state index contributed by atoms with van der Waals surface area (Å²) >= 11 is 0. The lowest BCUT2D eigenvalue weighted by Crippen LogP contribution is -2.58. The molecule has 1 saturated carbocycles. The molecule has 1 heterocycles. The molecule has 1 saturated heterocycles. The quantitative estimate of drug-likeness (QED) is 0.836. The molecule has 2 fully saturated rings. The van der Waals surface area contributed by atoms with Crippen molar-refractivity contribution in [3.05, 3.63) is 0 Å². The fraction of sp³-hybridized carbons (Fsp3) is 0.938. The number of likely N-dealkylation sites (tertiary alicyclic amines) is 1. The number of nitrogens with two attached hydrogens (primary N) is 1. The molecule has 2 rings (SSSR count). The van der Waals surface area contributed by atoms with Gasteiger partial charge in [-0.15, -0.1) is 0 Å². The lowest BCUT2D eigenvalue weighted by atomic mass is 9.76. The number of amides is 1. The van der Waals surface area contributed by atoms with Crippen molar-refractivity contribution in [1.29, 1.82) is 0 Å². The van der Waals surface area contributed by atoms with Crippen molar-refractivity contribution >= 4 is 5.91 Å². The van der Waals surface area contributed by atoms with Crippen LogP contribution >= 0.6 is 0 Å². The molecule has 0 bridgehead atoms. The summed E-state index contributed by atoms with van der Waals surface area (Å²) in [7, 11) is 0. The highest BCUT2D eigenvalue weighted by molar-refractivity contribution is 5.78. The van der Waals surface area contributed by atoms with E-state index in [0.29, 0.717) is 19.0 Å².